The van der Waals surface area contributed by atoms with Crippen molar-refractivity contribution in [2.24, 2.45) is 11.8 Å². The molecule has 1 aliphatic heterocycles. The minimum Gasteiger partial charge on any atom is -0.481 e. The standard InChI is InChI=1S/C16H13F3N2O4/c17-16(18,19)11-7-21(6-10(11)15(24)25)14(23)9-5-13(22)20-12-4-2-1-3-8(9)12/h1-5,10-11H,6-7H2,(H,20,22)(H,24,25)/t10-,11-/m1/s1. The second kappa shape index (κ2) is 5.91. The molecule has 0 unspecified atom stereocenters. The predicted octanol–water partition coefficient (Wildman–Crippen LogP) is 1.86. The van der Waals surface area contributed by atoms with E-state index in [1.54, 1.807) is 24.3 Å². The number of benzene rings is 1. The highest BCUT2D eigenvalue weighted by atomic mass is 19.4. The van der Waals surface area contributed by atoms with Crippen molar-refractivity contribution >= 4 is 22.8 Å². The number of aromatic nitrogens is 1. The van der Waals surface area contributed by atoms with Crippen LogP contribution in [0.5, 0.6) is 0 Å². The molecule has 25 heavy (non-hydrogen) atoms. The Morgan fingerprint density at radius 3 is 2.48 bits per heavy atom. The minimum atomic E-state index is -4.73. The number of carbonyl (C=O) groups is 2. The summed E-state index contributed by atoms with van der Waals surface area (Å²) in [7, 11) is 0. The van der Waals surface area contributed by atoms with Crippen LogP contribution in [0.4, 0.5) is 13.2 Å². The molecule has 1 aromatic carbocycles. The first-order valence-corrected chi connectivity index (χ1v) is 7.39. The van der Waals surface area contributed by atoms with Gasteiger partial charge >= 0.3 is 12.1 Å². The van der Waals surface area contributed by atoms with Crippen LogP contribution in [-0.2, 0) is 4.79 Å². The molecular formula is C16H13F3N2O4. The molecule has 1 fully saturated rings. The highest BCUT2D eigenvalue weighted by Gasteiger charge is 2.53. The number of hydrogen-bond acceptors (Lipinski definition) is 3. The Morgan fingerprint density at radius 1 is 1.20 bits per heavy atom. The highest BCUT2D eigenvalue weighted by molar-refractivity contribution is 6.06. The summed E-state index contributed by atoms with van der Waals surface area (Å²) in [6.07, 6.45) is -4.73. The lowest BCUT2D eigenvalue weighted by Crippen LogP contribution is -2.34. The number of alkyl halides is 3. The van der Waals surface area contributed by atoms with Gasteiger partial charge in [0.15, 0.2) is 0 Å². The third-order valence-electron chi connectivity index (χ3n) is 4.33. The van der Waals surface area contributed by atoms with Crippen molar-refractivity contribution in [2.75, 3.05) is 13.1 Å². The maximum absolute atomic E-state index is 13.1. The Bertz CT molecular complexity index is 906. The fourth-order valence-electron chi connectivity index (χ4n) is 3.10. The summed E-state index contributed by atoms with van der Waals surface area (Å²) in [4.78, 5) is 38.9. The van der Waals surface area contributed by atoms with Crippen molar-refractivity contribution in [3.05, 3.63) is 46.2 Å². The first-order chi connectivity index (χ1) is 11.7. The zero-order valence-corrected chi connectivity index (χ0v) is 12.7. The molecule has 0 spiro atoms. The van der Waals surface area contributed by atoms with Gasteiger partial charge < -0.3 is 15.0 Å². The molecule has 1 amide bonds. The van der Waals surface area contributed by atoms with E-state index in [0.717, 1.165) is 11.0 Å². The van der Waals surface area contributed by atoms with E-state index < -0.39 is 48.5 Å². The van der Waals surface area contributed by atoms with Crippen LogP contribution in [0.2, 0.25) is 0 Å². The van der Waals surface area contributed by atoms with Crippen molar-refractivity contribution in [3.63, 3.8) is 0 Å². The summed E-state index contributed by atoms with van der Waals surface area (Å²) in [5.41, 5.74) is -0.241. The molecule has 1 saturated heterocycles. The van der Waals surface area contributed by atoms with Crippen LogP contribution in [0.15, 0.2) is 35.1 Å². The van der Waals surface area contributed by atoms with Gasteiger partial charge in [-0.1, -0.05) is 18.2 Å². The smallest absolute Gasteiger partial charge is 0.394 e. The van der Waals surface area contributed by atoms with Gasteiger partial charge in [0.2, 0.25) is 5.56 Å². The van der Waals surface area contributed by atoms with E-state index >= 15 is 0 Å². The van der Waals surface area contributed by atoms with E-state index in [-0.39, 0.29) is 5.56 Å². The SMILES string of the molecule is O=C(O)[C@@H]1CN(C(=O)c2cc(=O)[nH]c3ccccc23)C[C@H]1C(F)(F)F. The number of halogens is 3. The van der Waals surface area contributed by atoms with E-state index in [2.05, 4.69) is 4.98 Å². The van der Waals surface area contributed by atoms with Crippen molar-refractivity contribution in [1.82, 2.24) is 9.88 Å². The van der Waals surface area contributed by atoms with Crippen molar-refractivity contribution < 1.29 is 27.9 Å². The first-order valence-electron chi connectivity index (χ1n) is 7.39. The fourth-order valence-corrected chi connectivity index (χ4v) is 3.10. The summed E-state index contributed by atoms with van der Waals surface area (Å²) in [6.45, 7) is -1.31. The molecule has 132 valence electrons. The summed E-state index contributed by atoms with van der Waals surface area (Å²) in [5, 5.41) is 9.42. The van der Waals surface area contributed by atoms with Gasteiger partial charge in [0.25, 0.3) is 5.91 Å². The summed E-state index contributed by atoms with van der Waals surface area (Å²) in [6, 6.07) is 7.41. The molecule has 2 heterocycles. The van der Waals surface area contributed by atoms with E-state index in [1.165, 1.54) is 0 Å². The van der Waals surface area contributed by atoms with Gasteiger partial charge in [-0.3, -0.25) is 14.4 Å². The van der Waals surface area contributed by atoms with Gasteiger partial charge in [0.1, 0.15) is 0 Å². The number of nitrogens with one attached hydrogen (secondary N) is 1. The second-order valence-corrected chi connectivity index (χ2v) is 5.90. The number of para-hydroxylation sites is 1. The zero-order valence-electron chi connectivity index (χ0n) is 12.7. The molecule has 1 aliphatic rings. The maximum Gasteiger partial charge on any atom is 0.394 e. The molecule has 9 heteroatoms. The van der Waals surface area contributed by atoms with Crippen LogP contribution in [0, 0.1) is 11.8 Å². The molecule has 0 radical (unpaired) electrons. The molecule has 0 saturated carbocycles. The van der Waals surface area contributed by atoms with Crippen LogP contribution in [-0.4, -0.2) is 46.1 Å². The number of rotatable bonds is 2. The lowest BCUT2D eigenvalue weighted by Gasteiger charge is -2.18. The fraction of sp³-hybridized carbons (Fsp3) is 0.312. The summed E-state index contributed by atoms with van der Waals surface area (Å²) < 4.78 is 39.2. The largest absolute Gasteiger partial charge is 0.481 e. The zero-order chi connectivity index (χ0) is 18.4. The van der Waals surface area contributed by atoms with E-state index in [0.29, 0.717) is 10.9 Å². The lowest BCUT2D eigenvalue weighted by molar-refractivity contribution is -0.187. The van der Waals surface area contributed by atoms with Crippen molar-refractivity contribution in [2.45, 2.75) is 6.18 Å². The molecule has 3 rings (SSSR count). The average Bonchev–Trinajstić information content (AvgIpc) is 2.99. The number of H-pyrrole nitrogens is 1. The molecule has 2 atom stereocenters. The predicted molar refractivity (Wildman–Crippen MR) is 81.1 cm³/mol. The topological polar surface area (TPSA) is 90.5 Å². The Kier molecular flexibility index (Phi) is 4.02. The molecular weight excluding hydrogens is 341 g/mol. The highest BCUT2D eigenvalue weighted by Crippen LogP contribution is 2.38. The number of hydrogen-bond donors (Lipinski definition) is 2. The number of carboxylic acids is 1. The monoisotopic (exact) mass is 354 g/mol. The number of carbonyl (C=O) groups excluding carboxylic acids is 1. The van der Waals surface area contributed by atoms with Gasteiger partial charge in [0, 0.05) is 30.1 Å². The Balaban J connectivity index is 2.00. The lowest BCUT2D eigenvalue weighted by atomic mass is 9.96. The number of carboxylic acid groups (broad SMARTS) is 1. The quantitative estimate of drug-likeness (QED) is 0.861. The van der Waals surface area contributed by atoms with Crippen LogP contribution in [0.1, 0.15) is 10.4 Å². The van der Waals surface area contributed by atoms with Crippen molar-refractivity contribution in [3.8, 4) is 0 Å². The average molecular weight is 354 g/mol. The van der Waals surface area contributed by atoms with Crippen LogP contribution >= 0.6 is 0 Å². The van der Waals surface area contributed by atoms with Gasteiger partial charge in [-0.05, 0) is 6.07 Å². The third kappa shape index (κ3) is 3.09. The molecule has 6 nitrogen and oxygen atoms in total. The Hall–Kier alpha value is -2.84. The number of aromatic amines is 1. The van der Waals surface area contributed by atoms with E-state index in [1.807, 2.05) is 0 Å². The molecule has 2 N–H and O–H groups in total. The normalized spacial score (nSPS) is 20.8. The van der Waals surface area contributed by atoms with Crippen LogP contribution in [0.3, 0.4) is 0 Å². The number of likely N-dealkylation sites (tertiary alicyclic amines) is 1. The van der Waals surface area contributed by atoms with E-state index in [9.17, 15) is 27.6 Å². The second-order valence-electron chi connectivity index (χ2n) is 5.90. The number of pyridine rings is 1. The Morgan fingerprint density at radius 2 is 1.88 bits per heavy atom. The number of nitrogens with zero attached hydrogens (tertiary/aromatic N) is 1. The van der Waals surface area contributed by atoms with Gasteiger partial charge in [-0.25, -0.2) is 0 Å². The molecule has 0 aliphatic carbocycles. The first kappa shape index (κ1) is 17.0. The number of aliphatic carboxylic acids is 1. The molecule has 0 bridgehead atoms. The van der Waals surface area contributed by atoms with Gasteiger partial charge in [0.05, 0.1) is 17.4 Å². The third-order valence-corrected chi connectivity index (χ3v) is 4.33. The molecule has 2 aromatic rings. The summed E-state index contributed by atoms with van der Waals surface area (Å²) >= 11 is 0. The minimum absolute atomic E-state index is 0.0497. The van der Waals surface area contributed by atoms with Crippen LogP contribution < -0.4 is 5.56 Å². The Labute approximate surface area is 138 Å². The maximum atomic E-state index is 13.1. The van der Waals surface area contributed by atoms with E-state index in [4.69, 9.17) is 5.11 Å². The number of amides is 1. The number of fused-ring (bicyclic) bond motifs is 1. The molecule has 1 aromatic heterocycles. The van der Waals surface area contributed by atoms with Gasteiger partial charge in [-0.15, -0.1) is 0 Å². The van der Waals surface area contributed by atoms with Gasteiger partial charge in [-0.2, -0.15) is 13.2 Å². The van der Waals surface area contributed by atoms with Crippen LogP contribution in [0.25, 0.3) is 10.9 Å². The summed E-state index contributed by atoms with van der Waals surface area (Å²) in [5.74, 6) is -6.26. The van der Waals surface area contributed by atoms with Crippen molar-refractivity contribution in [1.29, 1.82) is 0 Å².